The molecular formula is C29H39N3O3. The summed E-state index contributed by atoms with van der Waals surface area (Å²) in [7, 11) is 0. The van der Waals surface area contributed by atoms with Crippen LogP contribution in [0.15, 0.2) is 54.9 Å². The summed E-state index contributed by atoms with van der Waals surface area (Å²) >= 11 is 0. The number of aliphatic hydroxyl groups is 1. The van der Waals surface area contributed by atoms with Crippen LogP contribution in [0.4, 0.5) is 0 Å². The third kappa shape index (κ3) is 7.33. The van der Waals surface area contributed by atoms with E-state index in [1.807, 2.05) is 25.4 Å². The molecule has 0 spiro atoms. The highest BCUT2D eigenvalue weighted by molar-refractivity contribution is 5.35. The van der Waals surface area contributed by atoms with Gasteiger partial charge in [-0.3, -0.25) is 4.90 Å². The van der Waals surface area contributed by atoms with Gasteiger partial charge in [0.25, 0.3) is 0 Å². The molecule has 3 aromatic rings. The van der Waals surface area contributed by atoms with Crippen LogP contribution in [0.3, 0.4) is 0 Å². The molecule has 2 heterocycles. The summed E-state index contributed by atoms with van der Waals surface area (Å²) in [6, 6.07) is 14.6. The minimum absolute atomic E-state index is 0.344. The highest BCUT2D eigenvalue weighted by atomic mass is 16.5. The third-order valence-electron chi connectivity index (χ3n) is 6.90. The first-order valence-electron chi connectivity index (χ1n) is 12.7. The first-order chi connectivity index (χ1) is 16.9. The Morgan fingerprint density at radius 2 is 1.83 bits per heavy atom. The Morgan fingerprint density at radius 1 is 1.00 bits per heavy atom. The van der Waals surface area contributed by atoms with Crippen molar-refractivity contribution in [1.29, 1.82) is 0 Å². The van der Waals surface area contributed by atoms with Gasteiger partial charge in [-0.05, 0) is 82.3 Å². The summed E-state index contributed by atoms with van der Waals surface area (Å²) in [5.74, 6) is 2.81. The highest BCUT2D eigenvalue weighted by Crippen LogP contribution is 2.27. The zero-order valence-electron chi connectivity index (χ0n) is 21.4. The van der Waals surface area contributed by atoms with Crippen molar-refractivity contribution in [2.75, 3.05) is 26.3 Å². The summed E-state index contributed by atoms with van der Waals surface area (Å²) in [6.45, 7) is 10.8. The zero-order chi connectivity index (χ0) is 24.7. The van der Waals surface area contributed by atoms with Gasteiger partial charge in [0.2, 0.25) is 0 Å². The average Bonchev–Trinajstić information content (AvgIpc) is 3.15. The molecule has 4 rings (SSSR count). The van der Waals surface area contributed by atoms with Crippen molar-refractivity contribution in [3.05, 3.63) is 77.4 Å². The fourth-order valence-electron chi connectivity index (χ4n) is 4.72. The number of hydrogen-bond acceptors (Lipinski definition) is 5. The van der Waals surface area contributed by atoms with Gasteiger partial charge in [0.15, 0.2) is 0 Å². The van der Waals surface area contributed by atoms with Crippen LogP contribution in [0.25, 0.3) is 0 Å². The standard InChI is InChI=1S/C29H39N3O3/c1-23-6-11-28(24(2)20-23)35-22-29(33)12-4-15-31(17-13-29)21-26-7-9-27(10-8-26)34-19-5-16-32-18-14-30-25(32)3/h6-11,14,18,20,33H,4-5,12-13,15-17,19,21-22H2,1-3H3/t29-/m0/s1. The number of likely N-dealkylation sites (tertiary alicyclic amines) is 1. The summed E-state index contributed by atoms with van der Waals surface area (Å²) in [6.07, 6.45) is 7.23. The lowest BCUT2D eigenvalue weighted by molar-refractivity contribution is -0.0170. The summed E-state index contributed by atoms with van der Waals surface area (Å²) in [5.41, 5.74) is 2.82. The topological polar surface area (TPSA) is 59.8 Å². The maximum Gasteiger partial charge on any atom is 0.122 e. The molecule has 0 unspecified atom stereocenters. The number of hydrogen-bond donors (Lipinski definition) is 1. The molecule has 0 aliphatic carbocycles. The lowest BCUT2D eigenvalue weighted by atomic mass is 9.96. The Morgan fingerprint density at radius 3 is 2.57 bits per heavy atom. The quantitative estimate of drug-likeness (QED) is 0.413. The van der Waals surface area contributed by atoms with E-state index in [4.69, 9.17) is 9.47 Å². The van der Waals surface area contributed by atoms with Gasteiger partial charge in [0.05, 0.1) is 12.2 Å². The Labute approximate surface area is 209 Å². The van der Waals surface area contributed by atoms with Crippen molar-refractivity contribution in [2.24, 2.45) is 0 Å². The van der Waals surface area contributed by atoms with Crippen molar-refractivity contribution < 1.29 is 14.6 Å². The van der Waals surface area contributed by atoms with Crippen molar-refractivity contribution in [2.45, 2.75) is 65.1 Å². The number of rotatable bonds is 10. The van der Waals surface area contributed by atoms with E-state index in [0.29, 0.717) is 13.2 Å². The van der Waals surface area contributed by atoms with Crippen LogP contribution in [-0.2, 0) is 13.1 Å². The maximum absolute atomic E-state index is 11.2. The number of ether oxygens (including phenoxy) is 2. The minimum Gasteiger partial charge on any atom is -0.494 e. The van der Waals surface area contributed by atoms with Crippen LogP contribution in [0.1, 0.15) is 48.2 Å². The molecule has 1 fully saturated rings. The van der Waals surface area contributed by atoms with Gasteiger partial charge in [-0.25, -0.2) is 4.98 Å². The van der Waals surface area contributed by atoms with E-state index in [1.54, 1.807) is 0 Å². The molecule has 6 heteroatoms. The molecule has 1 atom stereocenters. The normalized spacial score (nSPS) is 18.9. The van der Waals surface area contributed by atoms with Gasteiger partial charge < -0.3 is 19.1 Å². The molecule has 1 aromatic heterocycles. The van der Waals surface area contributed by atoms with E-state index in [0.717, 1.165) is 74.7 Å². The molecule has 0 bridgehead atoms. The number of imidazole rings is 1. The molecule has 188 valence electrons. The smallest absolute Gasteiger partial charge is 0.122 e. The van der Waals surface area contributed by atoms with Gasteiger partial charge in [-0.1, -0.05) is 29.8 Å². The number of aryl methyl sites for hydroxylation is 4. The average molecular weight is 478 g/mol. The second kappa shape index (κ2) is 11.7. The van der Waals surface area contributed by atoms with Crippen LogP contribution < -0.4 is 9.47 Å². The minimum atomic E-state index is -0.779. The van der Waals surface area contributed by atoms with Crippen molar-refractivity contribution in [1.82, 2.24) is 14.5 Å². The monoisotopic (exact) mass is 477 g/mol. The Balaban J connectivity index is 1.20. The van der Waals surface area contributed by atoms with Crippen LogP contribution >= 0.6 is 0 Å². The van der Waals surface area contributed by atoms with Crippen LogP contribution in [0.5, 0.6) is 11.5 Å². The molecule has 0 saturated carbocycles. The predicted octanol–water partition coefficient (Wildman–Crippen LogP) is 5.07. The molecule has 6 nitrogen and oxygen atoms in total. The summed E-state index contributed by atoms with van der Waals surface area (Å²) in [4.78, 5) is 6.68. The zero-order valence-corrected chi connectivity index (χ0v) is 21.4. The molecule has 2 aromatic carbocycles. The summed E-state index contributed by atoms with van der Waals surface area (Å²) in [5, 5.41) is 11.2. The van der Waals surface area contributed by atoms with E-state index < -0.39 is 5.60 Å². The molecule has 0 amide bonds. The Kier molecular flexibility index (Phi) is 8.47. The first-order valence-corrected chi connectivity index (χ1v) is 12.7. The maximum atomic E-state index is 11.2. The lowest BCUT2D eigenvalue weighted by Gasteiger charge is -2.27. The Hall–Kier alpha value is -2.83. The Bertz CT molecular complexity index is 1080. The number of aromatic nitrogens is 2. The molecule has 1 saturated heterocycles. The van der Waals surface area contributed by atoms with E-state index in [2.05, 4.69) is 64.7 Å². The highest BCUT2D eigenvalue weighted by Gasteiger charge is 2.31. The van der Waals surface area contributed by atoms with Crippen molar-refractivity contribution in [3.63, 3.8) is 0 Å². The van der Waals surface area contributed by atoms with E-state index in [-0.39, 0.29) is 0 Å². The molecule has 35 heavy (non-hydrogen) atoms. The fourth-order valence-corrected chi connectivity index (χ4v) is 4.72. The number of benzene rings is 2. The van der Waals surface area contributed by atoms with Gasteiger partial charge in [0, 0.05) is 32.0 Å². The van der Waals surface area contributed by atoms with Crippen LogP contribution in [0, 0.1) is 20.8 Å². The SMILES string of the molecule is Cc1ccc(OC[C@]2(O)CCCN(Cc3ccc(OCCCn4ccnc4C)cc3)CC2)c(C)c1. The van der Waals surface area contributed by atoms with E-state index >= 15 is 0 Å². The van der Waals surface area contributed by atoms with Gasteiger partial charge in [0.1, 0.15) is 23.9 Å². The van der Waals surface area contributed by atoms with E-state index in [1.165, 1.54) is 11.1 Å². The molecule has 1 aliphatic rings. The predicted molar refractivity (Wildman–Crippen MR) is 139 cm³/mol. The fraction of sp³-hybridized carbons (Fsp3) is 0.483. The number of nitrogens with zero attached hydrogens (tertiary/aromatic N) is 3. The van der Waals surface area contributed by atoms with Crippen molar-refractivity contribution >= 4 is 0 Å². The van der Waals surface area contributed by atoms with Gasteiger partial charge in [-0.2, -0.15) is 0 Å². The summed E-state index contributed by atoms with van der Waals surface area (Å²) < 4.78 is 14.1. The lowest BCUT2D eigenvalue weighted by Crippen LogP contribution is -2.37. The first kappa shape index (κ1) is 25.3. The van der Waals surface area contributed by atoms with Crippen LogP contribution in [0.2, 0.25) is 0 Å². The molecule has 1 aliphatic heterocycles. The van der Waals surface area contributed by atoms with E-state index in [9.17, 15) is 5.11 Å². The second-order valence-corrected chi connectivity index (χ2v) is 9.93. The van der Waals surface area contributed by atoms with Crippen LogP contribution in [-0.4, -0.2) is 51.5 Å². The second-order valence-electron chi connectivity index (χ2n) is 9.93. The largest absolute Gasteiger partial charge is 0.494 e. The van der Waals surface area contributed by atoms with Gasteiger partial charge in [-0.15, -0.1) is 0 Å². The van der Waals surface area contributed by atoms with Gasteiger partial charge >= 0.3 is 0 Å². The third-order valence-corrected chi connectivity index (χ3v) is 6.90. The van der Waals surface area contributed by atoms with Crippen molar-refractivity contribution in [3.8, 4) is 11.5 Å². The molecule has 0 radical (unpaired) electrons. The molecular weight excluding hydrogens is 438 g/mol. The molecule has 1 N–H and O–H groups in total.